The van der Waals surface area contributed by atoms with Gasteiger partial charge in [-0.2, -0.15) is 0 Å². The standard InChI is InChI=1S/C49H85O15P/c1-3-5-6-7-8-9-10-11-13-17-20-23-26-29-32-35-42(52)61-37-39(38-62-65(59,60)64-49-47(57)45(55)44(54)46(56)48(49)58)63-43(53)36-33-30-27-24-21-18-15-12-14-16-19-22-25-28-31-34-41(51)40(50)4-2/h12,14,18-19,21-22,27-28,30-31,39-41,44-51,54-58H,3-11,13,15-17,20,23-26,29,32-38H2,1-2H3,(H,59,60)/b14-12+,21-18+,22-19+,30-27+,31-28+. The van der Waals surface area contributed by atoms with Crippen LogP contribution in [0.15, 0.2) is 60.8 Å². The Morgan fingerprint density at radius 3 is 1.45 bits per heavy atom. The van der Waals surface area contributed by atoms with E-state index in [0.717, 1.165) is 38.5 Å². The Morgan fingerprint density at radius 1 is 0.538 bits per heavy atom. The van der Waals surface area contributed by atoms with E-state index in [0.29, 0.717) is 32.1 Å². The summed E-state index contributed by atoms with van der Waals surface area (Å²) in [5.41, 5.74) is 0. The van der Waals surface area contributed by atoms with Crippen LogP contribution in [0.2, 0.25) is 0 Å². The van der Waals surface area contributed by atoms with Gasteiger partial charge in [0.05, 0.1) is 18.8 Å². The summed E-state index contributed by atoms with van der Waals surface area (Å²) in [6.07, 6.45) is 27.1. The molecule has 8 unspecified atom stereocenters. The van der Waals surface area contributed by atoms with Crippen LogP contribution in [0.4, 0.5) is 0 Å². The topological polar surface area (TPSA) is 250 Å². The van der Waals surface area contributed by atoms with E-state index in [1.165, 1.54) is 70.6 Å². The van der Waals surface area contributed by atoms with Crippen LogP contribution in [0.5, 0.6) is 0 Å². The van der Waals surface area contributed by atoms with Crippen molar-refractivity contribution in [2.24, 2.45) is 0 Å². The average Bonchev–Trinajstić information content (AvgIpc) is 3.29. The van der Waals surface area contributed by atoms with Gasteiger partial charge in [0.15, 0.2) is 6.10 Å². The Hall–Kier alpha value is -2.53. The molecule has 16 heteroatoms. The highest BCUT2D eigenvalue weighted by Crippen LogP contribution is 2.47. The molecule has 8 N–H and O–H groups in total. The molecule has 0 radical (unpaired) electrons. The Balaban J connectivity index is 2.50. The highest BCUT2D eigenvalue weighted by molar-refractivity contribution is 7.47. The number of carbonyl (C=O) groups excluding carboxylic acids is 2. The fourth-order valence-corrected chi connectivity index (χ4v) is 7.98. The highest BCUT2D eigenvalue weighted by Gasteiger charge is 2.51. The molecule has 1 aliphatic carbocycles. The molecule has 0 aromatic carbocycles. The maximum Gasteiger partial charge on any atom is 0.472 e. The van der Waals surface area contributed by atoms with E-state index in [1.54, 1.807) is 0 Å². The summed E-state index contributed by atoms with van der Waals surface area (Å²) in [6.45, 7) is 2.80. The number of phosphoric ester groups is 1. The Kier molecular flexibility index (Phi) is 35.8. The summed E-state index contributed by atoms with van der Waals surface area (Å²) in [6, 6.07) is 0. The van der Waals surface area contributed by atoms with Crippen molar-refractivity contribution in [3.8, 4) is 0 Å². The summed E-state index contributed by atoms with van der Waals surface area (Å²) in [4.78, 5) is 35.7. The molecule has 0 spiro atoms. The molecule has 1 rings (SSSR count). The Labute approximate surface area is 388 Å². The molecular formula is C49H85O15P. The molecule has 1 aliphatic rings. The molecule has 376 valence electrons. The molecule has 0 saturated heterocycles. The van der Waals surface area contributed by atoms with Gasteiger partial charge in [-0.25, -0.2) is 4.57 Å². The van der Waals surface area contributed by atoms with Crippen LogP contribution in [0.25, 0.3) is 0 Å². The lowest BCUT2D eigenvalue weighted by atomic mass is 9.85. The Bertz CT molecular complexity index is 1400. The van der Waals surface area contributed by atoms with Gasteiger partial charge in [0, 0.05) is 12.8 Å². The third-order valence-corrected chi connectivity index (χ3v) is 12.1. The molecule has 0 aliphatic heterocycles. The minimum absolute atomic E-state index is 0.0500. The lowest BCUT2D eigenvalue weighted by Gasteiger charge is -2.41. The minimum Gasteiger partial charge on any atom is -0.462 e. The van der Waals surface area contributed by atoms with Gasteiger partial charge in [-0.1, -0.05) is 164 Å². The predicted octanol–water partition coefficient (Wildman–Crippen LogP) is 7.67. The molecule has 1 fully saturated rings. The summed E-state index contributed by atoms with van der Waals surface area (Å²) < 4.78 is 33.4. The molecule has 8 atom stereocenters. The first-order valence-electron chi connectivity index (χ1n) is 24.3. The highest BCUT2D eigenvalue weighted by atomic mass is 31.2. The molecule has 0 aromatic heterocycles. The van der Waals surface area contributed by atoms with Crippen molar-refractivity contribution < 1.29 is 73.3 Å². The van der Waals surface area contributed by atoms with E-state index >= 15 is 0 Å². The molecule has 1 saturated carbocycles. The number of hydrogen-bond acceptors (Lipinski definition) is 14. The third kappa shape index (κ3) is 30.5. The average molecular weight is 945 g/mol. The number of rotatable bonds is 39. The van der Waals surface area contributed by atoms with Crippen molar-refractivity contribution in [1.82, 2.24) is 0 Å². The second-order valence-electron chi connectivity index (χ2n) is 16.9. The van der Waals surface area contributed by atoms with Crippen LogP contribution in [-0.4, -0.2) is 121 Å². The number of ether oxygens (including phenoxy) is 2. The van der Waals surface area contributed by atoms with Crippen molar-refractivity contribution in [2.45, 2.75) is 223 Å². The molecule has 0 aromatic rings. The largest absolute Gasteiger partial charge is 0.472 e. The van der Waals surface area contributed by atoms with Crippen LogP contribution in [-0.2, 0) is 32.7 Å². The first kappa shape index (κ1) is 60.5. The molecule has 15 nitrogen and oxygen atoms in total. The number of carbonyl (C=O) groups is 2. The predicted molar refractivity (Wildman–Crippen MR) is 251 cm³/mol. The number of unbranched alkanes of at least 4 members (excludes halogenated alkanes) is 14. The summed E-state index contributed by atoms with van der Waals surface area (Å²) in [5.74, 6) is -1.23. The second kappa shape index (κ2) is 38.4. The van der Waals surface area contributed by atoms with Crippen molar-refractivity contribution in [2.75, 3.05) is 13.2 Å². The molecule has 0 amide bonds. The van der Waals surface area contributed by atoms with Gasteiger partial charge in [0.1, 0.15) is 43.2 Å². The van der Waals surface area contributed by atoms with Crippen molar-refractivity contribution in [3.63, 3.8) is 0 Å². The lowest BCUT2D eigenvalue weighted by Crippen LogP contribution is -2.64. The fourth-order valence-electron chi connectivity index (χ4n) is 7.01. The first-order valence-corrected chi connectivity index (χ1v) is 25.8. The van der Waals surface area contributed by atoms with Crippen molar-refractivity contribution in [3.05, 3.63) is 60.8 Å². The van der Waals surface area contributed by atoms with E-state index in [2.05, 4.69) is 25.2 Å². The quantitative estimate of drug-likeness (QED) is 0.0127. The maximum absolute atomic E-state index is 12.8. The van der Waals surface area contributed by atoms with Gasteiger partial charge in [0.2, 0.25) is 0 Å². The van der Waals surface area contributed by atoms with Crippen molar-refractivity contribution >= 4 is 19.8 Å². The normalized spacial score (nSPS) is 22.9. The van der Waals surface area contributed by atoms with Gasteiger partial charge < -0.3 is 50.1 Å². The monoisotopic (exact) mass is 945 g/mol. The first-order chi connectivity index (χ1) is 31.2. The maximum atomic E-state index is 12.8. The lowest BCUT2D eigenvalue weighted by molar-refractivity contribution is -0.220. The SMILES string of the molecule is CCCCCCCCCCCCCCCCCC(=O)OCC(COP(=O)(O)OC1C(O)C(O)C(O)C(O)C1O)OC(=O)CC/C=C/C/C=C/C/C=C/C/C=C/C/C=C/CC(O)C(O)CC. The van der Waals surface area contributed by atoms with E-state index < -0.39 is 87.9 Å². The van der Waals surface area contributed by atoms with E-state index in [-0.39, 0.29) is 12.8 Å². The zero-order valence-electron chi connectivity index (χ0n) is 39.2. The summed E-state index contributed by atoms with van der Waals surface area (Å²) in [5, 5.41) is 69.5. The van der Waals surface area contributed by atoms with Gasteiger partial charge in [0.25, 0.3) is 0 Å². The number of aliphatic hydroxyl groups is 7. The van der Waals surface area contributed by atoms with Crippen LogP contribution in [0.3, 0.4) is 0 Å². The summed E-state index contributed by atoms with van der Waals surface area (Å²) in [7, 11) is -5.16. The molecule has 0 heterocycles. The fraction of sp³-hybridized carbons (Fsp3) is 0.755. The number of aliphatic hydroxyl groups excluding tert-OH is 7. The molecule has 65 heavy (non-hydrogen) atoms. The second-order valence-corrected chi connectivity index (χ2v) is 18.3. The number of esters is 2. The van der Waals surface area contributed by atoms with Gasteiger partial charge >= 0.3 is 19.8 Å². The minimum atomic E-state index is -5.16. The van der Waals surface area contributed by atoms with E-state index in [4.69, 9.17) is 18.5 Å². The van der Waals surface area contributed by atoms with Gasteiger partial charge in [-0.15, -0.1) is 0 Å². The zero-order valence-corrected chi connectivity index (χ0v) is 40.1. The van der Waals surface area contributed by atoms with Crippen molar-refractivity contribution in [1.29, 1.82) is 0 Å². The van der Waals surface area contributed by atoms with Crippen LogP contribution in [0, 0.1) is 0 Å². The van der Waals surface area contributed by atoms with Crippen LogP contribution in [0.1, 0.15) is 168 Å². The van der Waals surface area contributed by atoms with Crippen LogP contribution < -0.4 is 0 Å². The van der Waals surface area contributed by atoms with E-state index in [1.807, 2.05) is 49.5 Å². The summed E-state index contributed by atoms with van der Waals surface area (Å²) >= 11 is 0. The van der Waals surface area contributed by atoms with E-state index in [9.17, 15) is 54.8 Å². The van der Waals surface area contributed by atoms with Gasteiger partial charge in [-0.05, 0) is 51.4 Å². The number of phosphoric acid groups is 1. The number of allylic oxidation sites excluding steroid dienone is 9. The third-order valence-electron chi connectivity index (χ3n) is 11.1. The molecular weight excluding hydrogens is 859 g/mol. The van der Waals surface area contributed by atoms with Gasteiger partial charge in [-0.3, -0.25) is 18.6 Å². The molecule has 0 bridgehead atoms. The number of hydrogen-bond donors (Lipinski definition) is 8. The van der Waals surface area contributed by atoms with Crippen LogP contribution >= 0.6 is 7.82 Å². The Morgan fingerprint density at radius 2 is 0.969 bits per heavy atom. The zero-order chi connectivity index (χ0) is 48.1. The smallest absolute Gasteiger partial charge is 0.462 e.